The molecule has 0 aromatic carbocycles. The Balaban J connectivity index is 2.00. The van der Waals surface area contributed by atoms with E-state index in [9.17, 15) is 0 Å². The minimum Gasteiger partial charge on any atom is -0.304 e. The van der Waals surface area contributed by atoms with Gasteiger partial charge in [0, 0.05) is 24.5 Å². The molecule has 0 saturated carbocycles. The number of thiophene rings is 1. The van der Waals surface area contributed by atoms with Gasteiger partial charge in [-0.25, -0.2) is 0 Å². The molecule has 0 spiro atoms. The molecule has 2 rings (SSSR count). The fourth-order valence-corrected chi connectivity index (χ4v) is 2.50. The van der Waals surface area contributed by atoms with E-state index in [4.69, 9.17) is 0 Å². The van der Waals surface area contributed by atoms with Crippen LogP contribution < -0.4 is 5.32 Å². The van der Waals surface area contributed by atoms with Crippen molar-refractivity contribution < 1.29 is 0 Å². The number of pyridine rings is 1. The fourth-order valence-electron chi connectivity index (χ4n) is 1.74. The molecular formula is C13H16N2S. The second-order valence-electron chi connectivity index (χ2n) is 3.95. The van der Waals surface area contributed by atoms with E-state index in [1.165, 1.54) is 11.1 Å². The number of nitrogens with zero attached hydrogens (tertiary/aromatic N) is 1. The topological polar surface area (TPSA) is 24.9 Å². The van der Waals surface area contributed by atoms with Crippen LogP contribution in [0, 0.1) is 0 Å². The molecule has 0 aliphatic heterocycles. The number of rotatable bonds is 4. The van der Waals surface area contributed by atoms with Gasteiger partial charge in [0.25, 0.3) is 0 Å². The van der Waals surface area contributed by atoms with Crippen LogP contribution in [-0.2, 0) is 0 Å². The van der Waals surface area contributed by atoms with Gasteiger partial charge >= 0.3 is 0 Å². The van der Waals surface area contributed by atoms with Crippen molar-refractivity contribution in [1.82, 2.24) is 10.3 Å². The Bertz CT molecular complexity index is 411. The smallest absolute Gasteiger partial charge is 0.0305 e. The predicted molar refractivity (Wildman–Crippen MR) is 68.5 cm³/mol. The summed E-state index contributed by atoms with van der Waals surface area (Å²) in [6.45, 7) is 4.37. The summed E-state index contributed by atoms with van der Waals surface area (Å²) < 4.78 is 0. The summed E-state index contributed by atoms with van der Waals surface area (Å²) in [7, 11) is 0. The molecule has 16 heavy (non-hydrogen) atoms. The van der Waals surface area contributed by atoms with Gasteiger partial charge in [-0.2, -0.15) is 11.3 Å². The first-order valence-electron chi connectivity index (χ1n) is 5.45. The third kappa shape index (κ3) is 2.68. The lowest BCUT2D eigenvalue weighted by atomic mass is 10.1. The van der Waals surface area contributed by atoms with Gasteiger partial charge < -0.3 is 5.32 Å². The minimum atomic E-state index is 0.345. The van der Waals surface area contributed by atoms with Crippen molar-refractivity contribution in [1.29, 1.82) is 0 Å². The zero-order chi connectivity index (χ0) is 11.4. The molecule has 2 heterocycles. The number of hydrogen-bond acceptors (Lipinski definition) is 3. The molecule has 0 fully saturated rings. The molecule has 0 bridgehead atoms. The average Bonchev–Trinajstić information content (AvgIpc) is 2.83. The first kappa shape index (κ1) is 11.3. The Labute approximate surface area is 100 Å². The van der Waals surface area contributed by atoms with Crippen molar-refractivity contribution in [3.8, 4) is 0 Å². The van der Waals surface area contributed by atoms with Gasteiger partial charge in [0.1, 0.15) is 0 Å². The molecule has 3 heteroatoms. The minimum absolute atomic E-state index is 0.345. The predicted octanol–water partition coefficient (Wildman–Crippen LogP) is 3.55. The van der Waals surface area contributed by atoms with E-state index in [0.29, 0.717) is 12.1 Å². The lowest BCUT2D eigenvalue weighted by molar-refractivity contribution is 0.495. The maximum atomic E-state index is 4.03. The SMILES string of the molecule is CC(N[C@@H](C)c1ccncc1)c1ccsc1. The molecule has 2 aromatic rings. The molecule has 2 nitrogen and oxygen atoms in total. The molecule has 0 radical (unpaired) electrons. The Hall–Kier alpha value is -1.19. The maximum absolute atomic E-state index is 4.03. The summed E-state index contributed by atoms with van der Waals surface area (Å²) in [5, 5.41) is 7.88. The zero-order valence-electron chi connectivity index (χ0n) is 9.55. The van der Waals surface area contributed by atoms with E-state index in [1.807, 2.05) is 12.4 Å². The van der Waals surface area contributed by atoms with E-state index in [-0.39, 0.29) is 0 Å². The van der Waals surface area contributed by atoms with Crippen molar-refractivity contribution in [2.45, 2.75) is 25.9 Å². The molecule has 2 atom stereocenters. The van der Waals surface area contributed by atoms with Crippen LogP contribution in [0.3, 0.4) is 0 Å². The van der Waals surface area contributed by atoms with E-state index < -0.39 is 0 Å². The lowest BCUT2D eigenvalue weighted by Gasteiger charge is -2.19. The normalized spacial score (nSPS) is 14.6. The largest absolute Gasteiger partial charge is 0.304 e. The van der Waals surface area contributed by atoms with Crippen LogP contribution in [-0.4, -0.2) is 4.98 Å². The quantitative estimate of drug-likeness (QED) is 0.872. The number of hydrogen-bond donors (Lipinski definition) is 1. The van der Waals surface area contributed by atoms with Crippen LogP contribution in [0.25, 0.3) is 0 Å². The number of aromatic nitrogens is 1. The first-order chi connectivity index (χ1) is 7.77. The third-order valence-corrected chi connectivity index (χ3v) is 3.45. The van der Waals surface area contributed by atoms with E-state index in [0.717, 1.165) is 0 Å². The van der Waals surface area contributed by atoms with Gasteiger partial charge in [-0.15, -0.1) is 0 Å². The van der Waals surface area contributed by atoms with Crippen LogP contribution >= 0.6 is 11.3 Å². The van der Waals surface area contributed by atoms with Crippen molar-refractivity contribution in [3.05, 3.63) is 52.5 Å². The Kier molecular flexibility index (Phi) is 3.70. The van der Waals surface area contributed by atoms with Gasteiger partial charge in [0.05, 0.1) is 0 Å². The molecule has 0 amide bonds. The standard InChI is InChI=1S/C13H16N2S/c1-10(12-3-6-14-7-4-12)15-11(2)13-5-8-16-9-13/h3-11,15H,1-2H3/t10-,11?/m0/s1. The summed E-state index contributed by atoms with van der Waals surface area (Å²) >= 11 is 1.74. The Morgan fingerprint density at radius 2 is 1.75 bits per heavy atom. The highest BCUT2D eigenvalue weighted by Gasteiger charge is 2.10. The van der Waals surface area contributed by atoms with Crippen molar-refractivity contribution in [3.63, 3.8) is 0 Å². The van der Waals surface area contributed by atoms with Crippen LogP contribution in [0.2, 0.25) is 0 Å². The molecule has 2 aromatic heterocycles. The van der Waals surface area contributed by atoms with Crippen LogP contribution in [0.15, 0.2) is 41.4 Å². The maximum Gasteiger partial charge on any atom is 0.0305 e. The summed E-state index contributed by atoms with van der Waals surface area (Å²) in [6.07, 6.45) is 3.67. The fraction of sp³-hybridized carbons (Fsp3) is 0.308. The van der Waals surface area contributed by atoms with E-state index in [2.05, 4.69) is 53.1 Å². The molecule has 0 aliphatic rings. The van der Waals surface area contributed by atoms with Gasteiger partial charge in [0.2, 0.25) is 0 Å². The van der Waals surface area contributed by atoms with Crippen molar-refractivity contribution in [2.75, 3.05) is 0 Å². The molecule has 84 valence electrons. The van der Waals surface area contributed by atoms with Gasteiger partial charge in [-0.1, -0.05) is 0 Å². The molecular weight excluding hydrogens is 216 g/mol. The van der Waals surface area contributed by atoms with Crippen LogP contribution in [0.5, 0.6) is 0 Å². The van der Waals surface area contributed by atoms with E-state index >= 15 is 0 Å². The van der Waals surface area contributed by atoms with Gasteiger partial charge in [-0.05, 0) is 53.9 Å². The summed E-state index contributed by atoms with van der Waals surface area (Å²) in [5.41, 5.74) is 2.63. The molecule has 0 aliphatic carbocycles. The summed E-state index contributed by atoms with van der Waals surface area (Å²) in [5.74, 6) is 0. The highest BCUT2D eigenvalue weighted by Crippen LogP contribution is 2.20. The first-order valence-corrected chi connectivity index (χ1v) is 6.39. The highest BCUT2D eigenvalue weighted by atomic mass is 32.1. The second kappa shape index (κ2) is 5.23. The summed E-state index contributed by atoms with van der Waals surface area (Å²) in [4.78, 5) is 4.03. The molecule has 1 unspecified atom stereocenters. The summed E-state index contributed by atoms with van der Waals surface area (Å²) in [6, 6.07) is 7.00. The number of nitrogens with one attached hydrogen (secondary N) is 1. The Morgan fingerprint density at radius 1 is 1.06 bits per heavy atom. The highest BCUT2D eigenvalue weighted by molar-refractivity contribution is 7.07. The van der Waals surface area contributed by atoms with E-state index in [1.54, 1.807) is 11.3 Å². The zero-order valence-corrected chi connectivity index (χ0v) is 10.4. The lowest BCUT2D eigenvalue weighted by Crippen LogP contribution is -2.22. The van der Waals surface area contributed by atoms with Gasteiger partial charge in [-0.3, -0.25) is 4.98 Å². The Morgan fingerprint density at radius 3 is 2.38 bits per heavy atom. The molecule has 1 N–H and O–H groups in total. The third-order valence-electron chi connectivity index (χ3n) is 2.75. The van der Waals surface area contributed by atoms with Crippen LogP contribution in [0.1, 0.15) is 37.1 Å². The average molecular weight is 232 g/mol. The second-order valence-corrected chi connectivity index (χ2v) is 4.73. The van der Waals surface area contributed by atoms with Crippen molar-refractivity contribution >= 4 is 11.3 Å². The monoisotopic (exact) mass is 232 g/mol. The molecule has 0 saturated heterocycles. The van der Waals surface area contributed by atoms with Crippen LogP contribution in [0.4, 0.5) is 0 Å². The van der Waals surface area contributed by atoms with Gasteiger partial charge in [0.15, 0.2) is 0 Å². The van der Waals surface area contributed by atoms with Crippen molar-refractivity contribution in [2.24, 2.45) is 0 Å².